The van der Waals surface area contributed by atoms with Gasteiger partial charge in [0, 0.05) is 10.9 Å². The van der Waals surface area contributed by atoms with Crippen LogP contribution in [0.4, 0.5) is 0 Å². The highest BCUT2D eigenvalue weighted by molar-refractivity contribution is 7.10. The zero-order valence-electron chi connectivity index (χ0n) is 9.73. The molecule has 0 aliphatic rings. The van der Waals surface area contributed by atoms with Crippen LogP contribution in [0.3, 0.4) is 0 Å². The van der Waals surface area contributed by atoms with E-state index in [-0.39, 0.29) is 6.10 Å². The predicted molar refractivity (Wildman–Crippen MR) is 66.2 cm³/mol. The summed E-state index contributed by atoms with van der Waals surface area (Å²) < 4.78 is 0. The molecule has 0 aliphatic heterocycles. The second-order valence-corrected chi connectivity index (χ2v) is 5.31. The maximum atomic E-state index is 9.25. The second kappa shape index (κ2) is 6.26. The van der Waals surface area contributed by atoms with Crippen molar-refractivity contribution in [3.8, 4) is 0 Å². The van der Waals surface area contributed by atoms with E-state index >= 15 is 0 Å². The molecule has 1 rings (SSSR count). The molecule has 3 atom stereocenters. The number of hydrogen-bond acceptors (Lipinski definition) is 3. The quantitative estimate of drug-likeness (QED) is 0.783. The fraction of sp³-hybridized carbons (Fsp3) is 0.667. The van der Waals surface area contributed by atoms with Gasteiger partial charge in [0.05, 0.1) is 6.10 Å². The van der Waals surface area contributed by atoms with E-state index in [2.05, 4.69) is 36.7 Å². The van der Waals surface area contributed by atoms with Crippen molar-refractivity contribution < 1.29 is 5.11 Å². The Bertz CT molecular complexity index is 259. The minimum absolute atomic E-state index is 0.196. The molecule has 86 valence electrons. The third-order valence-electron chi connectivity index (χ3n) is 2.49. The van der Waals surface area contributed by atoms with E-state index in [0.29, 0.717) is 12.0 Å². The first-order chi connectivity index (χ1) is 7.09. The van der Waals surface area contributed by atoms with Crippen LogP contribution in [0.25, 0.3) is 0 Å². The predicted octanol–water partition coefficient (Wildman–Crippen LogP) is 2.81. The molecular formula is C12H21NOS. The van der Waals surface area contributed by atoms with E-state index in [1.165, 1.54) is 4.88 Å². The Labute approximate surface area is 96.3 Å². The van der Waals surface area contributed by atoms with Gasteiger partial charge in [-0.05, 0) is 44.2 Å². The molecule has 15 heavy (non-hydrogen) atoms. The van der Waals surface area contributed by atoms with Crippen molar-refractivity contribution in [1.82, 2.24) is 5.32 Å². The topological polar surface area (TPSA) is 32.3 Å². The molecule has 3 unspecified atom stereocenters. The number of thiophene rings is 1. The van der Waals surface area contributed by atoms with Crippen LogP contribution in [0.2, 0.25) is 0 Å². The summed E-state index contributed by atoms with van der Waals surface area (Å²) in [5.74, 6) is 0.521. The molecule has 0 saturated carbocycles. The van der Waals surface area contributed by atoms with E-state index in [9.17, 15) is 5.11 Å². The summed E-state index contributed by atoms with van der Waals surface area (Å²) in [6, 6.07) is 4.65. The molecule has 1 heterocycles. The summed E-state index contributed by atoms with van der Waals surface area (Å²) in [5.41, 5.74) is 0. The van der Waals surface area contributed by atoms with Crippen molar-refractivity contribution in [2.24, 2.45) is 5.92 Å². The Kier molecular flexibility index (Phi) is 5.29. The molecule has 0 amide bonds. The van der Waals surface area contributed by atoms with Crippen LogP contribution in [0.5, 0.6) is 0 Å². The summed E-state index contributed by atoms with van der Waals surface area (Å²) in [5, 5.41) is 14.8. The normalized spacial score (nSPS) is 17.3. The van der Waals surface area contributed by atoms with Crippen molar-refractivity contribution in [3.05, 3.63) is 22.4 Å². The molecule has 0 aromatic carbocycles. The van der Waals surface area contributed by atoms with Crippen LogP contribution in [-0.4, -0.2) is 17.8 Å². The Morgan fingerprint density at radius 2 is 2.13 bits per heavy atom. The fourth-order valence-electron chi connectivity index (χ4n) is 1.68. The van der Waals surface area contributed by atoms with Gasteiger partial charge < -0.3 is 10.4 Å². The van der Waals surface area contributed by atoms with Crippen LogP contribution < -0.4 is 5.32 Å². The van der Waals surface area contributed by atoms with Crippen LogP contribution in [0.1, 0.15) is 38.1 Å². The lowest BCUT2D eigenvalue weighted by Gasteiger charge is -2.17. The lowest BCUT2D eigenvalue weighted by molar-refractivity contribution is 0.162. The Morgan fingerprint density at radius 3 is 2.67 bits per heavy atom. The van der Waals surface area contributed by atoms with Gasteiger partial charge in [0.1, 0.15) is 0 Å². The number of rotatable bonds is 6. The van der Waals surface area contributed by atoms with Crippen molar-refractivity contribution in [3.63, 3.8) is 0 Å². The van der Waals surface area contributed by atoms with E-state index in [4.69, 9.17) is 0 Å². The third kappa shape index (κ3) is 4.78. The molecule has 2 nitrogen and oxygen atoms in total. The first kappa shape index (κ1) is 12.7. The van der Waals surface area contributed by atoms with Crippen molar-refractivity contribution in [2.45, 2.75) is 39.3 Å². The lowest BCUT2D eigenvalue weighted by atomic mass is 10.0. The molecule has 0 aliphatic carbocycles. The van der Waals surface area contributed by atoms with Gasteiger partial charge in [-0.25, -0.2) is 0 Å². The average molecular weight is 227 g/mol. The molecule has 0 radical (unpaired) electrons. The molecule has 1 aromatic rings. The highest BCUT2D eigenvalue weighted by Gasteiger charge is 2.09. The molecule has 1 aromatic heterocycles. The first-order valence-corrected chi connectivity index (χ1v) is 6.42. The monoisotopic (exact) mass is 227 g/mol. The van der Waals surface area contributed by atoms with Crippen molar-refractivity contribution >= 4 is 11.3 Å². The van der Waals surface area contributed by atoms with Crippen molar-refractivity contribution in [2.75, 3.05) is 6.54 Å². The van der Waals surface area contributed by atoms with Gasteiger partial charge in [-0.15, -0.1) is 11.3 Å². The highest BCUT2D eigenvalue weighted by atomic mass is 32.1. The summed E-state index contributed by atoms with van der Waals surface area (Å²) >= 11 is 1.78. The smallest absolute Gasteiger partial charge is 0.0515 e. The maximum absolute atomic E-state index is 9.25. The molecule has 3 heteroatoms. The molecule has 0 spiro atoms. The van der Waals surface area contributed by atoms with Gasteiger partial charge in [0.15, 0.2) is 0 Å². The van der Waals surface area contributed by atoms with Gasteiger partial charge in [-0.3, -0.25) is 0 Å². The van der Waals surface area contributed by atoms with Gasteiger partial charge in [0.25, 0.3) is 0 Å². The van der Waals surface area contributed by atoms with E-state index in [0.717, 1.165) is 13.0 Å². The third-order valence-corrected chi connectivity index (χ3v) is 3.54. The zero-order valence-corrected chi connectivity index (χ0v) is 10.6. The van der Waals surface area contributed by atoms with Crippen LogP contribution in [0.15, 0.2) is 17.5 Å². The minimum atomic E-state index is -0.196. The standard InChI is InChI=1S/C12H21NOS/c1-9(7-10(2)14)8-13-11(3)12-5-4-6-15-12/h4-6,9-11,13-14H,7-8H2,1-3H3. The van der Waals surface area contributed by atoms with Crippen molar-refractivity contribution in [1.29, 1.82) is 0 Å². The van der Waals surface area contributed by atoms with E-state index < -0.39 is 0 Å². The number of hydrogen-bond donors (Lipinski definition) is 2. The summed E-state index contributed by atoms with van der Waals surface area (Å²) in [4.78, 5) is 1.37. The summed E-state index contributed by atoms with van der Waals surface area (Å²) in [6.45, 7) is 7.16. The SMILES string of the molecule is CC(O)CC(C)CNC(C)c1cccs1. The number of aliphatic hydroxyl groups is 1. The van der Waals surface area contributed by atoms with Gasteiger partial charge in [0.2, 0.25) is 0 Å². The van der Waals surface area contributed by atoms with Crippen LogP contribution >= 0.6 is 11.3 Å². The van der Waals surface area contributed by atoms with Gasteiger partial charge in [-0.2, -0.15) is 0 Å². The molecule has 2 N–H and O–H groups in total. The summed E-state index contributed by atoms with van der Waals surface area (Å²) in [6.07, 6.45) is 0.670. The Hall–Kier alpha value is -0.380. The second-order valence-electron chi connectivity index (χ2n) is 4.34. The molecule has 0 fully saturated rings. The summed E-state index contributed by atoms with van der Waals surface area (Å²) in [7, 11) is 0. The van der Waals surface area contributed by atoms with Crippen LogP contribution in [-0.2, 0) is 0 Å². The largest absolute Gasteiger partial charge is 0.393 e. The maximum Gasteiger partial charge on any atom is 0.0515 e. The highest BCUT2D eigenvalue weighted by Crippen LogP contribution is 2.18. The minimum Gasteiger partial charge on any atom is -0.393 e. The van der Waals surface area contributed by atoms with Gasteiger partial charge in [-0.1, -0.05) is 13.0 Å². The molecule has 0 bridgehead atoms. The van der Waals surface area contributed by atoms with Crippen LogP contribution in [0, 0.1) is 5.92 Å². The lowest BCUT2D eigenvalue weighted by Crippen LogP contribution is -2.25. The fourth-order valence-corrected chi connectivity index (χ4v) is 2.44. The molecular weight excluding hydrogens is 206 g/mol. The van der Waals surface area contributed by atoms with E-state index in [1.54, 1.807) is 11.3 Å². The number of aliphatic hydroxyl groups excluding tert-OH is 1. The van der Waals surface area contributed by atoms with E-state index in [1.807, 2.05) is 6.92 Å². The number of nitrogens with one attached hydrogen (secondary N) is 1. The average Bonchev–Trinajstić information content (AvgIpc) is 2.65. The Morgan fingerprint density at radius 1 is 1.40 bits per heavy atom. The molecule has 0 saturated heterocycles. The van der Waals surface area contributed by atoms with Gasteiger partial charge >= 0.3 is 0 Å². The zero-order chi connectivity index (χ0) is 11.3. The Balaban J connectivity index is 2.25. The first-order valence-electron chi connectivity index (χ1n) is 5.54.